The Bertz CT molecular complexity index is 710. The normalized spacial score (nSPS) is 16.4. The summed E-state index contributed by atoms with van der Waals surface area (Å²) in [4.78, 5) is 25.1. The molecule has 6 heteroatoms. The van der Waals surface area contributed by atoms with Crippen molar-refractivity contribution in [3.8, 4) is 5.75 Å². The number of rotatable bonds is 11. The SMILES string of the molecule is CCCCCOc1ccc(C2NC(=O)NC(CCCC)=C2C(=O)OC(C)C)cc1. The lowest BCUT2D eigenvalue weighted by atomic mass is 9.93. The van der Waals surface area contributed by atoms with Crippen molar-refractivity contribution in [2.45, 2.75) is 78.4 Å². The van der Waals surface area contributed by atoms with Crippen LogP contribution in [0.4, 0.5) is 4.79 Å². The van der Waals surface area contributed by atoms with E-state index in [4.69, 9.17) is 9.47 Å². The Morgan fingerprint density at radius 3 is 2.38 bits per heavy atom. The molecule has 29 heavy (non-hydrogen) atoms. The van der Waals surface area contributed by atoms with Gasteiger partial charge in [0.25, 0.3) is 0 Å². The van der Waals surface area contributed by atoms with E-state index in [-0.39, 0.29) is 12.1 Å². The first-order valence-corrected chi connectivity index (χ1v) is 10.7. The molecule has 1 atom stereocenters. The van der Waals surface area contributed by atoms with Crippen LogP contribution in [-0.4, -0.2) is 24.7 Å². The maximum atomic E-state index is 12.8. The minimum Gasteiger partial charge on any atom is -0.494 e. The van der Waals surface area contributed by atoms with Gasteiger partial charge in [0.15, 0.2) is 0 Å². The van der Waals surface area contributed by atoms with Gasteiger partial charge in [-0.2, -0.15) is 0 Å². The van der Waals surface area contributed by atoms with Crippen molar-refractivity contribution in [2.75, 3.05) is 6.61 Å². The van der Waals surface area contributed by atoms with Crippen LogP contribution in [0.5, 0.6) is 5.75 Å². The topological polar surface area (TPSA) is 76.7 Å². The number of hydrogen-bond acceptors (Lipinski definition) is 4. The van der Waals surface area contributed by atoms with E-state index in [1.54, 1.807) is 0 Å². The second-order valence-corrected chi connectivity index (χ2v) is 7.61. The Morgan fingerprint density at radius 1 is 1.07 bits per heavy atom. The fourth-order valence-electron chi connectivity index (χ4n) is 3.24. The highest BCUT2D eigenvalue weighted by Gasteiger charge is 2.33. The molecule has 0 aromatic heterocycles. The summed E-state index contributed by atoms with van der Waals surface area (Å²) in [5, 5.41) is 5.68. The lowest BCUT2D eigenvalue weighted by Crippen LogP contribution is -2.46. The summed E-state index contributed by atoms with van der Waals surface area (Å²) in [7, 11) is 0. The average molecular weight is 403 g/mol. The molecule has 0 bridgehead atoms. The third-order valence-electron chi connectivity index (χ3n) is 4.73. The molecule has 0 spiro atoms. The predicted octanol–water partition coefficient (Wildman–Crippen LogP) is 5.01. The van der Waals surface area contributed by atoms with Gasteiger partial charge in [-0.15, -0.1) is 0 Å². The number of allylic oxidation sites excluding steroid dienone is 1. The summed E-state index contributed by atoms with van der Waals surface area (Å²) in [6.07, 6.45) is 5.56. The van der Waals surface area contributed by atoms with Crippen LogP contribution < -0.4 is 15.4 Å². The fraction of sp³-hybridized carbons (Fsp3) is 0.565. The molecule has 6 nitrogen and oxygen atoms in total. The summed E-state index contributed by atoms with van der Waals surface area (Å²) in [5.74, 6) is 0.384. The van der Waals surface area contributed by atoms with Crippen LogP contribution in [0.25, 0.3) is 0 Å². The van der Waals surface area contributed by atoms with Crippen LogP contribution in [-0.2, 0) is 9.53 Å². The lowest BCUT2D eigenvalue weighted by molar-refractivity contribution is -0.143. The molecule has 1 heterocycles. The zero-order valence-electron chi connectivity index (χ0n) is 18.0. The summed E-state index contributed by atoms with van der Waals surface area (Å²) in [6, 6.07) is 6.70. The molecule has 0 radical (unpaired) electrons. The van der Waals surface area contributed by atoms with Crippen LogP contribution in [0.1, 0.15) is 77.8 Å². The number of ether oxygens (including phenoxy) is 2. The molecule has 1 aromatic carbocycles. The van der Waals surface area contributed by atoms with E-state index < -0.39 is 12.0 Å². The summed E-state index contributed by atoms with van der Waals surface area (Å²) in [6.45, 7) is 8.56. The zero-order valence-corrected chi connectivity index (χ0v) is 18.0. The Hall–Kier alpha value is -2.50. The Morgan fingerprint density at radius 2 is 1.76 bits per heavy atom. The highest BCUT2D eigenvalue weighted by atomic mass is 16.5. The van der Waals surface area contributed by atoms with Gasteiger partial charge in [0.05, 0.1) is 24.3 Å². The fourth-order valence-corrected chi connectivity index (χ4v) is 3.24. The largest absolute Gasteiger partial charge is 0.494 e. The molecule has 2 N–H and O–H groups in total. The van der Waals surface area contributed by atoms with E-state index >= 15 is 0 Å². The number of carbonyl (C=O) groups excluding carboxylic acids is 2. The van der Waals surface area contributed by atoms with Crippen molar-refractivity contribution < 1.29 is 19.1 Å². The molecule has 1 aliphatic rings. The van der Waals surface area contributed by atoms with Crippen LogP contribution >= 0.6 is 0 Å². The van der Waals surface area contributed by atoms with Crippen LogP contribution in [0.3, 0.4) is 0 Å². The second kappa shape index (κ2) is 11.5. The number of carbonyl (C=O) groups is 2. The first-order chi connectivity index (χ1) is 14.0. The van der Waals surface area contributed by atoms with Gasteiger partial charge in [-0.3, -0.25) is 0 Å². The highest BCUT2D eigenvalue weighted by molar-refractivity contribution is 5.95. The van der Waals surface area contributed by atoms with Gasteiger partial charge in [0.2, 0.25) is 0 Å². The third-order valence-corrected chi connectivity index (χ3v) is 4.73. The number of esters is 1. The number of amides is 2. The van der Waals surface area contributed by atoms with Crippen LogP contribution in [0.15, 0.2) is 35.5 Å². The first kappa shape index (κ1) is 22.8. The quantitative estimate of drug-likeness (QED) is 0.403. The number of nitrogens with one attached hydrogen (secondary N) is 2. The number of hydrogen-bond donors (Lipinski definition) is 2. The minimum atomic E-state index is -0.545. The maximum absolute atomic E-state index is 12.8. The van der Waals surface area contributed by atoms with Crippen LogP contribution in [0.2, 0.25) is 0 Å². The Kier molecular flexibility index (Phi) is 9.03. The van der Waals surface area contributed by atoms with Gasteiger partial charge in [-0.1, -0.05) is 45.2 Å². The van der Waals surface area contributed by atoms with Crippen molar-refractivity contribution in [1.82, 2.24) is 10.6 Å². The number of benzene rings is 1. The molecule has 1 unspecified atom stereocenters. The average Bonchev–Trinajstić information content (AvgIpc) is 2.69. The molecular formula is C23H34N2O4. The van der Waals surface area contributed by atoms with Gasteiger partial charge >= 0.3 is 12.0 Å². The van der Waals surface area contributed by atoms with E-state index in [1.165, 1.54) is 0 Å². The summed E-state index contributed by atoms with van der Waals surface area (Å²) < 4.78 is 11.2. The molecule has 160 valence electrons. The molecular weight excluding hydrogens is 368 g/mol. The number of urea groups is 1. The molecule has 1 aliphatic heterocycles. The van der Waals surface area contributed by atoms with Crippen molar-refractivity contribution in [1.29, 1.82) is 0 Å². The van der Waals surface area contributed by atoms with Crippen LogP contribution in [0, 0.1) is 0 Å². The van der Waals surface area contributed by atoms with E-state index in [1.807, 2.05) is 38.1 Å². The monoisotopic (exact) mass is 402 g/mol. The van der Waals surface area contributed by atoms with Crippen molar-refractivity contribution in [2.24, 2.45) is 0 Å². The van der Waals surface area contributed by atoms with Crippen molar-refractivity contribution in [3.63, 3.8) is 0 Å². The molecule has 0 fully saturated rings. The maximum Gasteiger partial charge on any atom is 0.338 e. The standard InChI is InChI=1S/C23H34N2O4/c1-5-7-9-15-28-18-13-11-17(12-14-18)21-20(22(26)29-16(3)4)19(10-8-6-2)24-23(27)25-21/h11-14,16,21H,5-10,15H2,1-4H3,(H2,24,25,27). The summed E-state index contributed by atoms with van der Waals surface area (Å²) >= 11 is 0. The third kappa shape index (κ3) is 6.80. The number of unbranched alkanes of at least 4 members (excludes halogenated alkanes) is 3. The Labute approximate surface area is 174 Å². The van der Waals surface area contributed by atoms with Gasteiger partial charge in [-0.05, 0) is 50.8 Å². The van der Waals surface area contributed by atoms with E-state index in [2.05, 4.69) is 24.5 Å². The van der Waals surface area contributed by atoms with E-state index in [9.17, 15) is 9.59 Å². The van der Waals surface area contributed by atoms with E-state index in [0.29, 0.717) is 24.3 Å². The molecule has 2 rings (SSSR count). The highest BCUT2D eigenvalue weighted by Crippen LogP contribution is 2.31. The molecule has 1 aromatic rings. The van der Waals surface area contributed by atoms with Crippen molar-refractivity contribution in [3.05, 3.63) is 41.1 Å². The zero-order chi connectivity index (χ0) is 21.2. The minimum absolute atomic E-state index is 0.236. The first-order valence-electron chi connectivity index (χ1n) is 10.7. The van der Waals surface area contributed by atoms with Crippen molar-refractivity contribution >= 4 is 12.0 Å². The van der Waals surface area contributed by atoms with Gasteiger partial charge in [0.1, 0.15) is 5.75 Å². The van der Waals surface area contributed by atoms with Gasteiger partial charge < -0.3 is 20.1 Å². The molecule has 2 amide bonds. The smallest absolute Gasteiger partial charge is 0.338 e. The second-order valence-electron chi connectivity index (χ2n) is 7.61. The molecule has 0 aliphatic carbocycles. The lowest BCUT2D eigenvalue weighted by Gasteiger charge is -2.30. The predicted molar refractivity (Wildman–Crippen MR) is 114 cm³/mol. The molecule has 0 saturated heterocycles. The molecule has 0 saturated carbocycles. The van der Waals surface area contributed by atoms with E-state index in [0.717, 1.165) is 43.4 Å². The summed E-state index contributed by atoms with van der Waals surface area (Å²) in [5.41, 5.74) is 1.94. The van der Waals surface area contributed by atoms with Gasteiger partial charge in [0, 0.05) is 5.70 Å². The Balaban J connectivity index is 2.26. The van der Waals surface area contributed by atoms with Gasteiger partial charge in [-0.25, -0.2) is 9.59 Å².